The number of aromatic nitrogens is 8. The van der Waals surface area contributed by atoms with Crippen molar-refractivity contribution in [1.29, 1.82) is 0 Å². The maximum atomic E-state index is 12.5. The van der Waals surface area contributed by atoms with Crippen molar-refractivity contribution in [3.05, 3.63) is 113 Å². The zero-order valence-corrected chi connectivity index (χ0v) is 34.8. The van der Waals surface area contributed by atoms with Crippen molar-refractivity contribution in [3.63, 3.8) is 0 Å². The van der Waals surface area contributed by atoms with Crippen LogP contribution in [0.3, 0.4) is 0 Å². The Balaban J connectivity index is 0.000000214. The van der Waals surface area contributed by atoms with Crippen LogP contribution < -0.4 is 32.3 Å². The number of hydrogen-bond acceptors (Lipinski definition) is 10. The zero-order valence-electron chi connectivity index (χ0n) is 32.4. The minimum absolute atomic E-state index is 0. The fourth-order valence-electron chi connectivity index (χ4n) is 7.47. The summed E-state index contributed by atoms with van der Waals surface area (Å²) in [5.41, 5.74) is 2.62. The van der Waals surface area contributed by atoms with Crippen LogP contribution in [0.1, 0.15) is 7.43 Å². The Kier molecular flexibility index (Phi) is 14.3. The third kappa shape index (κ3) is 8.76. The monoisotopic (exact) mass is 856 g/mol. The second kappa shape index (κ2) is 18.8. The number of piperazine rings is 2. The summed E-state index contributed by atoms with van der Waals surface area (Å²) in [7, 11) is 6.26. The largest absolute Gasteiger partial charge is 0.368 e. The van der Waals surface area contributed by atoms with Crippen LogP contribution in [0.5, 0.6) is 0 Å². The Bertz CT molecular complexity index is 2430. The normalized spacial score (nSPS) is 14.9. The molecule has 8 rings (SSSR count). The number of fused-ring (bicyclic) bond motifs is 2. The van der Waals surface area contributed by atoms with Gasteiger partial charge in [-0.15, -0.1) is 12.4 Å². The Labute approximate surface area is 352 Å². The summed E-state index contributed by atoms with van der Waals surface area (Å²) >= 11 is 12.6. The number of para-hydroxylation sites is 2. The number of halogens is 3. The summed E-state index contributed by atoms with van der Waals surface area (Å²) in [6.45, 7) is 10.3. The number of nitrogens with zero attached hydrogens (tertiary/aromatic N) is 12. The molecule has 0 saturated carbocycles. The van der Waals surface area contributed by atoms with Crippen LogP contribution in [0.25, 0.3) is 22.3 Å². The van der Waals surface area contributed by atoms with Gasteiger partial charge in [-0.25, -0.2) is 19.6 Å². The number of benzene rings is 2. The highest BCUT2D eigenvalue weighted by molar-refractivity contribution is 6.33. The van der Waals surface area contributed by atoms with E-state index in [1.807, 2.05) is 45.5 Å². The number of anilines is 2. The van der Waals surface area contributed by atoms with E-state index in [0.717, 1.165) is 96.0 Å². The molecule has 4 aromatic heterocycles. The molecule has 2 saturated heterocycles. The lowest BCUT2D eigenvalue weighted by Gasteiger charge is -2.36. The molecule has 0 unspecified atom stereocenters. The lowest BCUT2D eigenvalue weighted by molar-refractivity contribution is 0.249. The van der Waals surface area contributed by atoms with Gasteiger partial charge in [0.05, 0.1) is 34.1 Å². The van der Waals surface area contributed by atoms with E-state index < -0.39 is 0 Å². The molecule has 0 spiro atoms. The molecule has 0 radical (unpaired) electrons. The van der Waals surface area contributed by atoms with Gasteiger partial charge in [-0.1, -0.05) is 54.9 Å². The molecule has 0 N–H and O–H groups in total. The molecule has 16 nitrogen and oxygen atoms in total. The molecule has 19 heteroatoms. The van der Waals surface area contributed by atoms with E-state index in [9.17, 15) is 19.2 Å². The molecule has 2 fully saturated rings. The lowest BCUT2D eigenvalue weighted by Crippen LogP contribution is -2.47. The summed E-state index contributed by atoms with van der Waals surface area (Å²) in [6, 6.07) is 15.8. The number of aryl methyl sites for hydroxylation is 2. The lowest BCUT2D eigenvalue weighted by atomic mass is 10.2. The van der Waals surface area contributed by atoms with Crippen molar-refractivity contribution in [2.45, 2.75) is 20.5 Å². The van der Waals surface area contributed by atoms with Gasteiger partial charge in [0, 0.05) is 107 Å². The molecule has 312 valence electrons. The average Bonchev–Trinajstić information content (AvgIpc) is 3.85. The average molecular weight is 858 g/mol. The molecule has 0 bridgehead atoms. The first-order valence-electron chi connectivity index (χ1n) is 18.6. The molecule has 58 heavy (non-hydrogen) atoms. The zero-order chi connectivity index (χ0) is 39.7. The van der Waals surface area contributed by atoms with E-state index in [1.165, 1.54) is 23.2 Å². The Morgan fingerprint density at radius 1 is 0.517 bits per heavy atom. The fraction of sp³-hybridized carbons (Fsp3) is 0.436. The maximum Gasteiger partial charge on any atom is 0.332 e. The van der Waals surface area contributed by atoms with Crippen LogP contribution in [0.2, 0.25) is 10.0 Å². The summed E-state index contributed by atoms with van der Waals surface area (Å²) < 4.78 is 8.77. The van der Waals surface area contributed by atoms with E-state index >= 15 is 0 Å². The van der Waals surface area contributed by atoms with Gasteiger partial charge in [0.1, 0.15) is 0 Å². The van der Waals surface area contributed by atoms with Crippen molar-refractivity contribution in [1.82, 2.24) is 47.2 Å². The highest BCUT2D eigenvalue weighted by Gasteiger charge is 2.22. The van der Waals surface area contributed by atoms with Crippen LogP contribution in [-0.4, -0.2) is 113 Å². The highest BCUT2D eigenvalue weighted by Crippen LogP contribution is 2.27. The van der Waals surface area contributed by atoms with Crippen molar-refractivity contribution in [3.8, 4) is 0 Å². The van der Waals surface area contributed by atoms with Crippen LogP contribution in [0, 0.1) is 0 Å². The van der Waals surface area contributed by atoms with Gasteiger partial charge in [0.2, 0.25) is 0 Å². The third-order valence-electron chi connectivity index (χ3n) is 10.9. The SMILES string of the molecule is C.Cl.Cn1c(=O)c2c(ncn2CCN2CCN(c3ccccc3Cl)CC2)n(C)c1=O.Cn1c(=O)c2c(ncn2CCN2CCN(c3ccccc3Cl)CC2)n(C)c1=O. The van der Waals surface area contributed by atoms with Gasteiger partial charge in [-0.2, -0.15) is 0 Å². The third-order valence-corrected chi connectivity index (χ3v) is 11.5. The van der Waals surface area contributed by atoms with Gasteiger partial charge < -0.3 is 18.9 Å². The number of hydrogen-bond donors (Lipinski definition) is 0. The van der Waals surface area contributed by atoms with Crippen molar-refractivity contribution in [2.24, 2.45) is 28.2 Å². The van der Waals surface area contributed by atoms with Crippen LogP contribution in [-0.2, 0) is 41.3 Å². The molecule has 6 heterocycles. The molecule has 2 aliphatic heterocycles. The van der Waals surface area contributed by atoms with Crippen LogP contribution in [0.4, 0.5) is 11.4 Å². The minimum atomic E-state index is -0.363. The van der Waals surface area contributed by atoms with Gasteiger partial charge in [-0.3, -0.25) is 37.7 Å². The quantitative estimate of drug-likeness (QED) is 0.225. The minimum Gasteiger partial charge on any atom is -0.368 e. The number of rotatable bonds is 8. The predicted octanol–water partition coefficient (Wildman–Crippen LogP) is 2.88. The molecule has 0 atom stereocenters. The Morgan fingerprint density at radius 2 is 0.862 bits per heavy atom. The molecule has 6 aromatic rings. The maximum absolute atomic E-state index is 12.5. The molecular formula is C39H51Cl3N12O4. The topological polar surface area (TPSA) is 137 Å². The van der Waals surface area contributed by atoms with Gasteiger partial charge in [-0.05, 0) is 24.3 Å². The van der Waals surface area contributed by atoms with Crippen molar-refractivity contribution in [2.75, 3.05) is 75.2 Å². The fourth-order valence-corrected chi connectivity index (χ4v) is 7.98. The first kappa shape index (κ1) is 44.2. The van der Waals surface area contributed by atoms with Crippen molar-refractivity contribution < 1.29 is 0 Å². The molecule has 0 amide bonds. The smallest absolute Gasteiger partial charge is 0.332 e. The molecule has 2 aliphatic rings. The van der Waals surface area contributed by atoms with Gasteiger partial charge in [0.15, 0.2) is 22.3 Å². The molecule has 2 aromatic carbocycles. The van der Waals surface area contributed by atoms with E-state index in [4.69, 9.17) is 23.2 Å². The Morgan fingerprint density at radius 3 is 1.21 bits per heavy atom. The summed E-state index contributed by atoms with van der Waals surface area (Å²) in [4.78, 5) is 67.0. The van der Waals surface area contributed by atoms with Crippen molar-refractivity contribution >= 4 is 69.3 Å². The summed E-state index contributed by atoms with van der Waals surface area (Å²) in [5, 5.41) is 1.56. The van der Waals surface area contributed by atoms with Gasteiger partial charge in [0.25, 0.3) is 11.1 Å². The Hall–Kier alpha value is -4.87. The van der Waals surface area contributed by atoms with Gasteiger partial charge >= 0.3 is 11.4 Å². The summed E-state index contributed by atoms with van der Waals surface area (Å²) in [6.07, 6.45) is 3.29. The van der Waals surface area contributed by atoms with E-state index in [-0.39, 0.29) is 42.3 Å². The first-order valence-corrected chi connectivity index (χ1v) is 19.4. The first-order chi connectivity index (χ1) is 26.9. The second-order valence-electron chi connectivity index (χ2n) is 14.2. The standard InChI is InChI=1S/2C19H23ClN6O2.CH4.ClH/c2*1-22-17-16(18(27)23(2)19(22)28)26(13-21-17)12-9-24-7-10-25(11-8-24)15-6-4-3-5-14(15)20;;/h2*3-6,13H,7-12H2,1-2H3;1H4;1H. The predicted molar refractivity (Wildman–Crippen MR) is 235 cm³/mol. The van der Waals surface area contributed by atoms with Crippen LogP contribution >= 0.6 is 35.6 Å². The summed E-state index contributed by atoms with van der Waals surface area (Å²) in [5.74, 6) is 0. The van der Waals surface area contributed by atoms with E-state index in [1.54, 1.807) is 26.7 Å². The van der Waals surface area contributed by atoms with Crippen LogP contribution in [0.15, 0.2) is 80.4 Å². The van der Waals surface area contributed by atoms with E-state index in [0.29, 0.717) is 35.4 Å². The molecule has 0 aliphatic carbocycles. The van der Waals surface area contributed by atoms with E-state index in [2.05, 4.69) is 41.7 Å². The number of imidazole rings is 2. The highest BCUT2D eigenvalue weighted by atomic mass is 35.5. The molecular weight excluding hydrogens is 807 g/mol. The second-order valence-corrected chi connectivity index (χ2v) is 15.0.